The van der Waals surface area contributed by atoms with Gasteiger partial charge in [0, 0.05) is 4.47 Å². The summed E-state index contributed by atoms with van der Waals surface area (Å²) >= 11 is 3.35. The number of benzene rings is 2. The van der Waals surface area contributed by atoms with Crippen LogP contribution in [-0.2, 0) is 9.59 Å². The van der Waals surface area contributed by atoms with E-state index in [4.69, 9.17) is 4.74 Å². The van der Waals surface area contributed by atoms with E-state index in [0.717, 1.165) is 15.6 Å². The molecule has 2 rings (SSSR count). The SMILES string of the molecule is Cc1cccc(OCC(=O)NCC(=O)N/N=C/c2cccc(Br)c2)c1. The molecule has 25 heavy (non-hydrogen) atoms. The van der Waals surface area contributed by atoms with Crippen LogP contribution in [0.3, 0.4) is 0 Å². The highest BCUT2D eigenvalue weighted by molar-refractivity contribution is 9.10. The summed E-state index contributed by atoms with van der Waals surface area (Å²) in [6.07, 6.45) is 1.52. The van der Waals surface area contributed by atoms with Crippen LogP contribution in [0.4, 0.5) is 0 Å². The molecule has 0 spiro atoms. The molecule has 0 aromatic heterocycles. The first-order valence-electron chi connectivity index (χ1n) is 7.56. The van der Waals surface area contributed by atoms with Crippen molar-refractivity contribution in [3.8, 4) is 5.75 Å². The molecule has 0 aliphatic heterocycles. The van der Waals surface area contributed by atoms with Gasteiger partial charge in [0.1, 0.15) is 5.75 Å². The molecular formula is C18H18BrN3O3. The Kier molecular flexibility index (Phi) is 7.16. The number of amides is 2. The van der Waals surface area contributed by atoms with E-state index in [1.807, 2.05) is 49.4 Å². The van der Waals surface area contributed by atoms with Crippen LogP contribution in [-0.4, -0.2) is 31.2 Å². The maximum atomic E-state index is 11.7. The smallest absolute Gasteiger partial charge is 0.259 e. The lowest BCUT2D eigenvalue weighted by Crippen LogP contribution is -2.37. The van der Waals surface area contributed by atoms with E-state index in [9.17, 15) is 9.59 Å². The average Bonchev–Trinajstić information content (AvgIpc) is 2.58. The van der Waals surface area contributed by atoms with E-state index in [2.05, 4.69) is 31.8 Å². The number of carbonyl (C=O) groups excluding carboxylic acids is 2. The third-order valence-electron chi connectivity index (χ3n) is 3.06. The zero-order chi connectivity index (χ0) is 18.1. The molecule has 2 aromatic rings. The van der Waals surface area contributed by atoms with E-state index in [1.54, 1.807) is 6.07 Å². The van der Waals surface area contributed by atoms with Crippen LogP contribution in [0, 0.1) is 6.92 Å². The van der Waals surface area contributed by atoms with Gasteiger partial charge in [-0.05, 0) is 42.3 Å². The third kappa shape index (κ3) is 7.17. The highest BCUT2D eigenvalue weighted by Crippen LogP contribution is 2.12. The predicted molar refractivity (Wildman–Crippen MR) is 99.6 cm³/mol. The molecule has 2 aromatic carbocycles. The monoisotopic (exact) mass is 403 g/mol. The van der Waals surface area contributed by atoms with Crippen molar-refractivity contribution < 1.29 is 14.3 Å². The molecule has 2 N–H and O–H groups in total. The Hall–Kier alpha value is -2.67. The zero-order valence-electron chi connectivity index (χ0n) is 13.7. The van der Waals surface area contributed by atoms with Crippen LogP contribution in [0.15, 0.2) is 58.1 Å². The fourth-order valence-corrected chi connectivity index (χ4v) is 2.31. The van der Waals surface area contributed by atoms with E-state index in [1.165, 1.54) is 6.21 Å². The van der Waals surface area contributed by atoms with Crippen molar-refractivity contribution in [1.82, 2.24) is 10.7 Å². The van der Waals surface area contributed by atoms with E-state index < -0.39 is 5.91 Å². The van der Waals surface area contributed by atoms with Gasteiger partial charge in [0.25, 0.3) is 11.8 Å². The Labute approximate surface area is 154 Å². The highest BCUT2D eigenvalue weighted by Gasteiger charge is 2.06. The molecule has 0 atom stereocenters. The number of carbonyl (C=O) groups is 2. The highest BCUT2D eigenvalue weighted by atomic mass is 79.9. The summed E-state index contributed by atoms with van der Waals surface area (Å²) in [7, 11) is 0. The van der Waals surface area contributed by atoms with Crippen LogP contribution in [0.5, 0.6) is 5.75 Å². The lowest BCUT2D eigenvalue weighted by Gasteiger charge is -2.07. The van der Waals surface area contributed by atoms with Gasteiger partial charge in [-0.2, -0.15) is 5.10 Å². The van der Waals surface area contributed by atoms with Crippen molar-refractivity contribution in [3.05, 3.63) is 64.1 Å². The molecule has 0 heterocycles. The lowest BCUT2D eigenvalue weighted by atomic mass is 10.2. The summed E-state index contributed by atoms with van der Waals surface area (Å²) < 4.78 is 6.27. The largest absolute Gasteiger partial charge is 0.484 e. The summed E-state index contributed by atoms with van der Waals surface area (Å²) in [6.45, 7) is 1.61. The molecule has 0 fully saturated rings. The predicted octanol–water partition coefficient (Wildman–Crippen LogP) is 2.40. The molecule has 2 amide bonds. The quantitative estimate of drug-likeness (QED) is 0.550. The van der Waals surface area contributed by atoms with Crippen LogP contribution in [0.25, 0.3) is 0 Å². The maximum Gasteiger partial charge on any atom is 0.259 e. The Morgan fingerprint density at radius 3 is 2.72 bits per heavy atom. The Morgan fingerprint density at radius 1 is 1.16 bits per heavy atom. The second kappa shape index (κ2) is 9.58. The minimum Gasteiger partial charge on any atom is -0.484 e. The number of aryl methyl sites for hydroxylation is 1. The number of rotatable bonds is 7. The number of nitrogens with one attached hydrogen (secondary N) is 2. The minimum atomic E-state index is -0.421. The Bertz CT molecular complexity index is 778. The molecule has 6 nitrogen and oxygen atoms in total. The minimum absolute atomic E-state index is 0.155. The maximum absolute atomic E-state index is 11.7. The van der Waals surface area contributed by atoms with Crippen molar-refractivity contribution in [2.75, 3.05) is 13.2 Å². The molecule has 7 heteroatoms. The molecule has 0 aliphatic carbocycles. The van der Waals surface area contributed by atoms with E-state index >= 15 is 0 Å². The summed E-state index contributed by atoms with van der Waals surface area (Å²) in [6, 6.07) is 14.8. The van der Waals surface area contributed by atoms with Gasteiger partial charge in [0.05, 0.1) is 12.8 Å². The fraction of sp³-hybridized carbons (Fsp3) is 0.167. The first-order chi connectivity index (χ1) is 12.0. The van der Waals surface area contributed by atoms with Crippen LogP contribution >= 0.6 is 15.9 Å². The van der Waals surface area contributed by atoms with Gasteiger partial charge in [0.2, 0.25) is 0 Å². The normalized spacial score (nSPS) is 10.5. The molecule has 0 unspecified atom stereocenters. The molecule has 0 saturated heterocycles. The molecule has 0 radical (unpaired) electrons. The van der Waals surface area contributed by atoms with Crippen molar-refractivity contribution in [1.29, 1.82) is 0 Å². The Morgan fingerprint density at radius 2 is 1.96 bits per heavy atom. The number of hydrazone groups is 1. The average molecular weight is 404 g/mol. The lowest BCUT2D eigenvalue weighted by molar-refractivity contribution is -0.127. The van der Waals surface area contributed by atoms with Crippen LogP contribution < -0.4 is 15.5 Å². The first-order valence-corrected chi connectivity index (χ1v) is 8.36. The second-order valence-electron chi connectivity index (χ2n) is 5.23. The number of ether oxygens (including phenoxy) is 1. The van der Waals surface area contributed by atoms with Crippen molar-refractivity contribution >= 4 is 34.0 Å². The van der Waals surface area contributed by atoms with Crippen molar-refractivity contribution in [2.45, 2.75) is 6.92 Å². The number of nitrogens with zero attached hydrogens (tertiary/aromatic N) is 1. The number of hydrogen-bond acceptors (Lipinski definition) is 4. The van der Waals surface area contributed by atoms with Gasteiger partial charge in [-0.15, -0.1) is 0 Å². The van der Waals surface area contributed by atoms with E-state index in [0.29, 0.717) is 5.75 Å². The van der Waals surface area contributed by atoms with Gasteiger partial charge < -0.3 is 10.1 Å². The summed E-state index contributed by atoms with van der Waals surface area (Å²) in [5, 5.41) is 6.30. The van der Waals surface area contributed by atoms with Crippen LogP contribution in [0.1, 0.15) is 11.1 Å². The van der Waals surface area contributed by atoms with Gasteiger partial charge in [-0.1, -0.05) is 40.2 Å². The fourth-order valence-electron chi connectivity index (χ4n) is 1.89. The Balaban J connectivity index is 1.68. The molecule has 0 saturated carbocycles. The second-order valence-corrected chi connectivity index (χ2v) is 6.15. The molecule has 0 bridgehead atoms. The van der Waals surface area contributed by atoms with Gasteiger partial charge in [-0.25, -0.2) is 5.43 Å². The zero-order valence-corrected chi connectivity index (χ0v) is 15.2. The van der Waals surface area contributed by atoms with Gasteiger partial charge in [-0.3, -0.25) is 9.59 Å². The molecule has 130 valence electrons. The topological polar surface area (TPSA) is 79.8 Å². The summed E-state index contributed by atoms with van der Waals surface area (Å²) in [5.41, 5.74) is 4.23. The summed E-state index contributed by atoms with van der Waals surface area (Å²) in [5.74, 6) is -0.194. The van der Waals surface area contributed by atoms with Crippen LogP contribution in [0.2, 0.25) is 0 Å². The third-order valence-corrected chi connectivity index (χ3v) is 3.55. The number of halogens is 1. The number of hydrogen-bond donors (Lipinski definition) is 2. The van der Waals surface area contributed by atoms with Gasteiger partial charge in [0.15, 0.2) is 6.61 Å². The van der Waals surface area contributed by atoms with E-state index in [-0.39, 0.29) is 19.1 Å². The van der Waals surface area contributed by atoms with Crippen molar-refractivity contribution in [3.63, 3.8) is 0 Å². The first kappa shape index (κ1) is 18.7. The van der Waals surface area contributed by atoms with Gasteiger partial charge >= 0.3 is 0 Å². The molecular weight excluding hydrogens is 386 g/mol. The summed E-state index contributed by atoms with van der Waals surface area (Å²) in [4.78, 5) is 23.3. The standard InChI is InChI=1S/C18H18BrN3O3/c1-13-4-2-7-16(8-13)25-12-18(24)20-11-17(23)22-21-10-14-5-3-6-15(19)9-14/h2-10H,11-12H2,1H3,(H,20,24)(H,22,23)/b21-10+. The molecule has 0 aliphatic rings. The van der Waals surface area contributed by atoms with Crippen molar-refractivity contribution in [2.24, 2.45) is 5.10 Å².